The van der Waals surface area contributed by atoms with Gasteiger partial charge < -0.3 is 20.9 Å². The SMILES string of the molecule is NCC1CCN(CCc2ccc(-n3ccc(NC(=O)N4CCNCC4)nc3=O)cc2)CC1. The molecule has 0 radical (unpaired) electrons. The molecule has 0 spiro atoms. The van der Waals surface area contributed by atoms with Crippen molar-refractivity contribution in [3.63, 3.8) is 0 Å². The number of hydrogen-bond acceptors (Lipinski definition) is 6. The third-order valence-electron chi connectivity index (χ3n) is 6.41. The van der Waals surface area contributed by atoms with Crippen molar-refractivity contribution in [1.29, 1.82) is 0 Å². The average Bonchev–Trinajstić information content (AvgIpc) is 2.84. The predicted molar refractivity (Wildman–Crippen MR) is 125 cm³/mol. The highest BCUT2D eigenvalue weighted by Crippen LogP contribution is 2.16. The van der Waals surface area contributed by atoms with E-state index in [-0.39, 0.29) is 11.8 Å². The molecule has 2 aromatic rings. The van der Waals surface area contributed by atoms with Gasteiger partial charge >= 0.3 is 11.7 Å². The number of likely N-dealkylation sites (tertiary alicyclic amines) is 1. The Kier molecular flexibility index (Phi) is 7.51. The van der Waals surface area contributed by atoms with E-state index in [0.717, 1.165) is 51.4 Å². The molecule has 0 saturated carbocycles. The molecule has 9 nitrogen and oxygen atoms in total. The number of carbonyl (C=O) groups excluding carboxylic acids is 1. The number of anilines is 1. The van der Waals surface area contributed by atoms with Gasteiger partial charge in [0.1, 0.15) is 5.82 Å². The van der Waals surface area contributed by atoms with Gasteiger partial charge in [0, 0.05) is 38.9 Å². The average molecular weight is 440 g/mol. The van der Waals surface area contributed by atoms with Gasteiger partial charge in [0.05, 0.1) is 5.69 Å². The summed E-state index contributed by atoms with van der Waals surface area (Å²) >= 11 is 0. The number of nitrogens with one attached hydrogen (secondary N) is 2. The summed E-state index contributed by atoms with van der Waals surface area (Å²) < 4.78 is 1.49. The van der Waals surface area contributed by atoms with E-state index in [0.29, 0.717) is 19.0 Å². The maximum Gasteiger partial charge on any atom is 0.354 e. The van der Waals surface area contributed by atoms with Gasteiger partial charge in [-0.15, -0.1) is 0 Å². The van der Waals surface area contributed by atoms with Crippen LogP contribution in [-0.4, -0.2) is 77.7 Å². The lowest BCUT2D eigenvalue weighted by atomic mass is 9.97. The molecule has 4 N–H and O–H groups in total. The molecule has 2 aliphatic rings. The molecule has 0 unspecified atom stereocenters. The van der Waals surface area contributed by atoms with Crippen LogP contribution in [0.15, 0.2) is 41.3 Å². The van der Waals surface area contributed by atoms with E-state index in [1.54, 1.807) is 17.2 Å². The number of hydrogen-bond donors (Lipinski definition) is 3. The molecule has 172 valence electrons. The number of amides is 2. The molecule has 2 fully saturated rings. The number of nitrogens with two attached hydrogens (primary N) is 1. The van der Waals surface area contributed by atoms with E-state index < -0.39 is 5.69 Å². The molecule has 9 heteroatoms. The molecule has 0 atom stereocenters. The van der Waals surface area contributed by atoms with E-state index >= 15 is 0 Å². The zero-order chi connectivity index (χ0) is 22.3. The first-order valence-electron chi connectivity index (χ1n) is 11.5. The fraction of sp³-hybridized carbons (Fsp3) is 0.522. The molecular formula is C23H33N7O2. The quantitative estimate of drug-likeness (QED) is 0.617. The molecule has 1 aromatic carbocycles. The molecular weight excluding hydrogens is 406 g/mol. The van der Waals surface area contributed by atoms with Crippen LogP contribution in [0.1, 0.15) is 18.4 Å². The van der Waals surface area contributed by atoms with Gasteiger partial charge in [-0.2, -0.15) is 4.98 Å². The van der Waals surface area contributed by atoms with Crippen LogP contribution in [0, 0.1) is 5.92 Å². The minimum Gasteiger partial charge on any atom is -0.330 e. The Balaban J connectivity index is 1.32. The normalized spacial score (nSPS) is 18.0. The largest absolute Gasteiger partial charge is 0.354 e. The second-order valence-corrected chi connectivity index (χ2v) is 8.57. The van der Waals surface area contributed by atoms with Gasteiger partial charge in [0.25, 0.3) is 0 Å². The third-order valence-corrected chi connectivity index (χ3v) is 6.41. The summed E-state index contributed by atoms with van der Waals surface area (Å²) in [5.74, 6) is 0.948. The Morgan fingerprint density at radius 3 is 2.47 bits per heavy atom. The zero-order valence-electron chi connectivity index (χ0n) is 18.5. The number of rotatable bonds is 6. The maximum atomic E-state index is 12.5. The standard InChI is InChI=1S/C23H33N7O2/c24-17-19-6-12-28(13-7-19)11-5-18-1-3-20(4-2-18)30-14-8-21(27-23(30)32)26-22(31)29-15-9-25-10-16-29/h1-4,8,14,19,25H,5-7,9-13,15-17,24H2,(H,26,27,31,32). The summed E-state index contributed by atoms with van der Waals surface area (Å²) in [4.78, 5) is 33.1. The summed E-state index contributed by atoms with van der Waals surface area (Å²) in [5.41, 5.74) is 7.36. The fourth-order valence-corrected chi connectivity index (χ4v) is 4.28. The lowest BCUT2D eigenvalue weighted by Crippen LogP contribution is -2.48. The number of carbonyl (C=O) groups is 1. The minimum absolute atomic E-state index is 0.229. The second-order valence-electron chi connectivity index (χ2n) is 8.57. The lowest BCUT2D eigenvalue weighted by molar-refractivity contribution is 0.189. The number of piperidine rings is 1. The van der Waals surface area contributed by atoms with Crippen molar-refractivity contribution in [3.8, 4) is 5.69 Å². The summed E-state index contributed by atoms with van der Waals surface area (Å²) in [5, 5.41) is 5.92. The van der Waals surface area contributed by atoms with Crippen molar-refractivity contribution >= 4 is 11.8 Å². The first kappa shape index (κ1) is 22.4. The van der Waals surface area contributed by atoms with Crippen molar-refractivity contribution in [2.45, 2.75) is 19.3 Å². The van der Waals surface area contributed by atoms with Crippen LogP contribution >= 0.6 is 0 Å². The Bertz CT molecular complexity index is 946. The van der Waals surface area contributed by atoms with Crippen LogP contribution in [0.25, 0.3) is 5.69 Å². The summed E-state index contributed by atoms with van der Waals surface area (Å²) in [6, 6.07) is 9.44. The molecule has 2 aliphatic heterocycles. The number of piperazine rings is 1. The molecule has 32 heavy (non-hydrogen) atoms. The Hall–Kier alpha value is -2.75. The molecule has 2 amide bonds. The van der Waals surface area contributed by atoms with E-state index in [4.69, 9.17) is 5.73 Å². The maximum absolute atomic E-state index is 12.5. The summed E-state index contributed by atoms with van der Waals surface area (Å²) in [6.45, 7) is 6.91. The first-order valence-corrected chi connectivity index (χ1v) is 11.5. The first-order chi connectivity index (χ1) is 15.6. The summed E-state index contributed by atoms with van der Waals surface area (Å²) in [6.07, 6.45) is 5.02. The van der Waals surface area contributed by atoms with Crippen LogP contribution in [0.3, 0.4) is 0 Å². The number of benzene rings is 1. The van der Waals surface area contributed by atoms with Crippen molar-refractivity contribution in [1.82, 2.24) is 24.7 Å². The number of nitrogens with zero attached hydrogens (tertiary/aromatic N) is 4. The van der Waals surface area contributed by atoms with E-state index in [9.17, 15) is 9.59 Å². The van der Waals surface area contributed by atoms with Crippen LogP contribution < -0.4 is 22.1 Å². The van der Waals surface area contributed by atoms with Crippen LogP contribution in [0.5, 0.6) is 0 Å². The predicted octanol–water partition coefficient (Wildman–Crippen LogP) is 0.883. The highest BCUT2D eigenvalue weighted by Gasteiger charge is 2.18. The molecule has 3 heterocycles. The van der Waals surface area contributed by atoms with Gasteiger partial charge in [-0.1, -0.05) is 12.1 Å². The number of aromatic nitrogens is 2. The van der Waals surface area contributed by atoms with E-state index in [1.165, 1.54) is 23.0 Å². The van der Waals surface area contributed by atoms with Gasteiger partial charge in [-0.05, 0) is 68.6 Å². The van der Waals surface area contributed by atoms with Crippen molar-refractivity contribution in [2.75, 3.05) is 57.7 Å². The van der Waals surface area contributed by atoms with Crippen molar-refractivity contribution < 1.29 is 4.79 Å². The molecule has 0 aliphatic carbocycles. The lowest BCUT2D eigenvalue weighted by Gasteiger charge is -2.31. The molecule has 0 bridgehead atoms. The molecule has 4 rings (SSSR count). The monoisotopic (exact) mass is 439 g/mol. The Morgan fingerprint density at radius 2 is 1.81 bits per heavy atom. The van der Waals surface area contributed by atoms with E-state index in [1.807, 2.05) is 12.1 Å². The van der Waals surface area contributed by atoms with Gasteiger partial charge in [-0.3, -0.25) is 9.88 Å². The van der Waals surface area contributed by atoms with Gasteiger partial charge in [0.15, 0.2) is 0 Å². The molecule has 2 saturated heterocycles. The van der Waals surface area contributed by atoms with Crippen LogP contribution in [-0.2, 0) is 6.42 Å². The smallest absolute Gasteiger partial charge is 0.330 e. The Morgan fingerprint density at radius 1 is 1.09 bits per heavy atom. The van der Waals surface area contributed by atoms with E-state index in [2.05, 4.69) is 32.7 Å². The topological polar surface area (TPSA) is 109 Å². The second kappa shape index (κ2) is 10.7. The molecule has 1 aromatic heterocycles. The van der Waals surface area contributed by atoms with Gasteiger partial charge in [0.2, 0.25) is 0 Å². The number of urea groups is 1. The van der Waals surface area contributed by atoms with Crippen LogP contribution in [0.4, 0.5) is 10.6 Å². The highest BCUT2D eigenvalue weighted by atomic mass is 16.2. The van der Waals surface area contributed by atoms with Crippen molar-refractivity contribution in [2.24, 2.45) is 11.7 Å². The highest BCUT2D eigenvalue weighted by molar-refractivity contribution is 5.88. The van der Waals surface area contributed by atoms with Crippen molar-refractivity contribution in [3.05, 3.63) is 52.6 Å². The summed E-state index contributed by atoms with van der Waals surface area (Å²) in [7, 11) is 0. The zero-order valence-corrected chi connectivity index (χ0v) is 18.5. The fourth-order valence-electron chi connectivity index (χ4n) is 4.28. The third kappa shape index (κ3) is 5.73. The Labute approximate surface area is 188 Å². The van der Waals surface area contributed by atoms with Gasteiger partial charge in [-0.25, -0.2) is 9.59 Å². The van der Waals surface area contributed by atoms with Crippen LogP contribution in [0.2, 0.25) is 0 Å². The minimum atomic E-state index is -0.418.